The maximum atomic E-state index is 11.4. The maximum absolute atomic E-state index is 11.4. The van der Waals surface area contributed by atoms with Crippen molar-refractivity contribution >= 4 is 6.29 Å². The normalized spacial score (nSPS) is 21.3. The van der Waals surface area contributed by atoms with Gasteiger partial charge in [0.25, 0.3) is 0 Å². The van der Waals surface area contributed by atoms with Crippen molar-refractivity contribution in [3.05, 3.63) is 70.9 Å². The van der Waals surface area contributed by atoms with Gasteiger partial charge in [-0.25, -0.2) is 0 Å². The first kappa shape index (κ1) is 19.8. The fourth-order valence-electron chi connectivity index (χ4n) is 3.06. The summed E-state index contributed by atoms with van der Waals surface area (Å²) in [6.07, 6.45) is 13.0. The number of carbonyl (C=O) groups excluding carboxylic acids is 1. The van der Waals surface area contributed by atoms with Crippen molar-refractivity contribution in [1.29, 1.82) is 0 Å². The molecule has 0 N–H and O–H groups in total. The van der Waals surface area contributed by atoms with Crippen LogP contribution < -0.4 is 9.47 Å². The third-order valence-corrected chi connectivity index (χ3v) is 4.55. The molecule has 3 rings (SSSR count). The van der Waals surface area contributed by atoms with Gasteiger partial charge in [0.05, 0.1) is 14.2 Å². The Morgan fingerprint density at radius 1 is 1.04 bits per heavy atom. The van der Waals surface area contributed by atoms with E-state index < -0.39 is 0 Å². The molecule has 138 valence electrons. The second-order valence-corrected chi connectivity index (χ2v) is 6.61. The lowest BCUT2D eigenvalue weighted by Crippen LogP contribution is -2.00. The van der Waals surface area contributed by atoms with Crippen molar-refractivity contribution in [1.82, 2.24) is 0 Å². The SMILES string of the molecule is C=C1/C=C\C/C(C=O)=C\Cc2cc(OC)c(cc2OC)C/C(C)=C\CC1. The van der Waals surface area contributed by atoms with Gasteiger partial charge in [0.1, 0.15) is 17.8 Å². The van der Waals surface area contributed by atoms with E-state index >= 15 is 0 Å². The van der Waals surface area contributed by atoms with Crippen LogP contribution in [0.4, 0.5) is 0 Å². The molecule has 0 aromatic heterocycles. The van der Waals surface area contributed by atoms with Crippen molar-refractivity contribution in [2.75, 3.05) is 14.2 Å². The van der Waals surface area contributed by atoms with Crippen LogP contribution in [0, 0.1) is 0 Å². The Hall–Kier alpha value is -2.55. The highest BCUT2D eigenvalue weighted by Gasteiger charge is 2.12. The fourth-order valence-corrected chi connectivity index (χ4v) is 3.06. The number of aldehydes is 1. The Balaban J connectivity index is 2.46. The molecule has 0 aliphatic heterocycles. The lowest BCUT2D eigenvalue weighted by Gasteiger charge is -2.15. The molecule has 0 amide bonds. The largest absolute Gasteiger partial charge is 0.496 e. The molecule has 1 aromatic carbocycles. The van der Waals surface area contributed by atoms with Crippen LogP contribution in [0.25, 0.3) is 0 Å². The van der Waals surface area contributed by atoms with Crippen LogP contribution in [0.15, 0.2) is 59.7 Å². The summed E-state index contributed by atoms with van der Waals surface area (Å²) in [5.41, 5.74) is 5.24. The Morgan fingerprint density at radius 3 is 2.42 bits per heavy atom. The van der Waals surface area contributed by atoms with E-state index in [9.17, 15) is 4.79 Å². The van der Waals surface area contributed by atoms with Gasteiger partial charge in [-0.05, 0) is 56.7 Å². The van der Waals surface area contributed by atoms with Gasteiger partial charge in [-0.15, -0.1) is 0 Å². The summed E-state index contributed by atoms with van der Waals surface area (Å²) < 4.78 is 11.2. The van der Waals surface area contributed by atoms with Crippen molar-refractivity contribution in [3.8, 4) is 11.5 Å². The predicted octanol–water partition coefficient (Wildman–Crippen LogP) is 5.16. The summed E-state index contributed by atoms with van der Waals surface area (Å²) in [6, 6.07) is 4.06. The molecular weight excluding hydrogens is 324 g/mol. The van der Waals surface area contributed by atoms with Crippen LogP contribution in [-0.4, -0.2) is 20.5 Å². The van der Waals surface area contributed by atoms with E-state index in [-0.39, 0.29) is 0 Å². The van der Waals surface area contributed by atoms with Gasteiger partial charge in [0.15, 0.2) is 0 Å². The lowest BCUT2D eigenvalue weighted by atomic mass is 9.98. The third kappa shape index (κ3) is 5.48. The molecule has 0 saturated carbocycles. The zero-order valence-corrected chi connectivity index (χ0v) is 16.0. The quantitative estimate of drug-likeness (QED) is 0.557. The number of methoxy groups -OCH3 is 2. The molecule has 26 heavy (non-hydrogen) atoms. The summed E-state index contributed by atoms with van der Waals surface area (Å²) in [4.78, 5) is 11.4. The molecule has 0 heterocycles. The van der Waals surface area contributed by atoms with Crippen LogP contribution >= 0.6 is 0 Å². The molecular formula is C23H28O3. The van der Waals surface area contributed by atoms with Gasteiger partial charge in [-0.3, -0.25) is 4.79 Å². The van der Waals surface area contributed by atoms with Crippen molar-refractivity contribution in [2.24, 2.45) is 0 Å². The minimum Gasteiger partial charge on any atom is -0.496 e. The molecule has 3 heteroatoms. The first-order valence-corrected chi connectivity index (χ1v) is 8.95. The first-order valence-electron chi connectivity index (χ1n) is 8.95. The van der Waals surface area contributed by atoms with E-state index in [1.54, 1.807) is 14.2 Å². The van der Waals surface area contributed by atoms with Crippen LogP contribution in [0.2, 0.25) is 0 Å². The molecule has 0 fully saturated rings. The topological polar surface area (TPSA) is 35.5 Å². The van der Waals surface area contributed by atoms with E-state index in [1.165, 1.54) is 5.57 Å². The number of fused-ring (bicyclic) bond motifs is 10. The second kappa shape index (κ2) is 9.81. The number of hydrogen-bond acceptors (Lipinski definition) is 3. The summed E-state index contributed by atoms with van der Waals surface area (Å²) in [6.45, 7) is 6.23. The molecule has 0 atom stereocenters. The van der Waals surface area contributed by atoms with E-state index in [0.29, 0.717) is 12.8 Å². The summed E-state index contributed by atoms with van der Waals surface area (Å²) in [5.74, 6) is 1.68. The molecule has 1 aromatic rings. The van der Waals surface area contributed by atoms with Crippen molar-refractivity contribution in [3.63, 3.8) is 0 Å². The fraction of sp³-hybridized carbons (Fsp3) is 0.348. The minimum absolute atomic E-state index is 0.606. The zero-order valence-electron chi connectivity index (χ0n) is 16.0. The zero-order chi connectivity index (χ0) is 18.9. The van der Waals surface area contributed by atoms with Crippen LogP contribution in [-0.2, 0) is 17.6 Å². The van der Waals surface area contributed by atoms with E-state index in [0.717, 1.165) is 59.3 Å². The molecule has 0 saturated heterocycles. The Kier molecular flexibility index (Phi) is 7.46. The van der Waals surface area contributed by atoms with Crippen molar-refractivity contribution < 1.29 is 14.3 Å². The third-order valence-electron chi connectivity index (χ3n) is 4.55. The van der Waals surface area contributed by atoms with Crippen LogP contribution in [0.5, 0.6) is 11.5 Å². The van der Waals surface area contributed by atoms with Gasteiger partial charge in [0, 0.05) is 11.1 Å². The molecule has 3 nitrogen and oxygen atoms in total. The summed E-state index contributed by atoms with van der Waals surface area (Å²) >= 11 is 0. The van der Waals surface area contributed by atoms with Crippen molar-refractivity contribution in [2.45, 2.75) is 39.0 Å². The Morgan fingerprint density at radius 2 is 1.73 bits per heavy atom. The number of benzene rings is 1. The van der Waals surface area contributed by atoms with E-state index in [4.69, 9.17) is 9.47 Å². The highest BCUT2D eigenvalue weighted by molar-refractivity contribution is 5.73. The average molecular weight is 352 g/mol. The van der Waals surface area contributed by atoms with Gasteiger partial charge in [0.2, 0.25) is 0 Å². The number of allylic oxidation sites excluding steroid dienone is 7. The number of carbonyl (C=O) groups is 1. The Bertz CT molecular complexity index is 751. The second-order valence-electron chi connectivity index (χ2n) is 6.61. The number of rotatable bonds is 3. The van der Waals surface area contributed by atoms with Gasteiger partial charge >= 0.3 is 0 Å². The van der Waals surface area contributed by atoms with E-state index in [2.05, 4.69) is 19.6 Å². The monoisotopic (exact) mass is 352 g/mol. The van der Waals surface area contributed by atoms with Crippen LogP contribution in [0.3, 0.4) is 0 Å². The minimum atomic E-state index is 0.606. The highest BCUT2D eigenvalue weighted by atomic mass is 16.5. The molecule has 2 bridgehead atoms. The van der Waals surface area contributed by atoms with Gasteiger partial charge in [-0.1, -0.05) is 42.0 Å². The summed E-state index contributed by atoms with van der Waals surface area (Å²) in [7, 11) is 3.36. The highest BCUT2D eigenvalue weighted by Crippen LogP contribution is 2.31. The first-order chi connectivity index (χ1) is 12.6. The standard InChI is InChI=1S/C23H28O3/c1-17-7-5-9-18(2)13-21-15-22(25-3)20(14-23(21)26-4)12-11-19(16-24)10-6-8-17/h6,8-9,11,14-16H,1,5,7,10,12-13H2,2-4H3/b8-6-,18-9-,19-11+. The smallest absolute Gasteiger partial charge is 0.146 e. The maximum Gasteiger partial charge on any atom is 0.146 e. The number of hydrogen-bond donors (Lipinski definition) is 0. The molecule has 2 aliphatic rings. The predicted molar refractivity (Wildman–Crippen MR) is 107 cm³/mol. The molecule has 0 unspecified atom stereocenters. The molecule has 2 aliphatic carbocycles. The Labute approximate surface area is 156 Å². The van der Waals surface area contributed by atoms with Crippen LogP contribution in [0.1, 0.15) is 37.3 Å². The lowest BCUT2D eigenvalue weighted by molar-refractivity contribution is -0.105. The summed E-state index contributed by atoms with van der Waals surface area (Å²) in [5, 5.41) is 0. The van der Waals surface area contributed by atoms with E-state index in [1.807, 2.05) is 30.4 Å². The number of ether oxygens (including phenoxy) is 2. The average Bonchev–Trinajstić information content (AvgIpc) is 2.63. The van der Waals surface area contributed by atoms with Gasteiger partial charge in [-0.2, -0.15) is 0 Å². The molecule has 0 spiro atoms. The van der Waals surface area contributed by atoms with Gasteiger partial charge < -0.3 is 9.47 Å². The molecule has 0 radical (unpaired) electrons.